The lowest BCUT2D eigenvalue weighted by molar-refractivity contribution is -0.143. The summed E-state index contributed by atoms with van der Waals surface area (Å²) in [5.74, 6) is 0.250. The fourth-order valence-corrected chi connectivity index (χ4v) is 5.76. The molecule has 2 aromatic heterocycles. The van der Waals surface area contributed by atoms with Gasteiger partial charge in [0.2, 0.25) is 0 Å². The topological polar surface area (TPSA) is 74.8 Å². The molecule has 0 N–H and O–H groups in total. The molecular formula is C29H29N3O4S. The second-order valence-corrected chi connectivity index (χ2v) is 10.3. The quantitative estimate of drug-likeness (QED) is 0.363. The summed E-state index contributed by atoms with van der Waals surface area (Å²) in [6.45, 7) is 7.88. The molecular weight excluding hydrogens is 486 g/mol. The van der Waals surface area contributed by atoms with Gasteiger partial charge in [-0.1, -0.05) is 41.7 Å². The van der Waals surface area contributed by atoms with E-state index in [0.717, 1.165) is 27.8 Å². The summed E-state index contributed by atoms with van der Waals surface area (Å²) >= 11 is 1.32. The van der Waals surface area contributed by atoms with Gasteiger partial charge in [-0.2, -0.15) is 0 Å². The van der Waals surface area contributed by atoms with Gasteiger partial charge in [-0.05, 0) is 57.5 Å². The highest BCUT2D eigenvalue weighted by atomic mass is 32.1. The third-order valence-corrected chi connectivity index (χ3v) is 7.29. The minimum absolute atomic E-state index is 0.196. The number of para-hydroxylation sites is 1. The van der Waals surface area contributed by atoms with E-state index in [-0.39, 0.29) is 11.7 Å². The summed E-state index contributed by atoms with van der Waals surface area (Å²) in [5, 5.41) is 1.07. The van der Waals surface area contributed by atoms with Gasteiger partial charge >= 0.3 is 5.97 Å². The summed E-state index contributed by atoms with van der Waals surface area (Å²) in [5.41, 5.74) is 3.54. The molecule has 5 rings (SSSR count). The van der Waals surface area contributed by atoms with E-state index >= 15 is 0 Å². The Bertz CT molecular complexity index is 1700. The Hall–Kier alpha value is -3.91. The highest BCUT2D eigenvalue weighted by Crippen LogP contribution is 2.32. The van der Waals surface area contributed by atoms with Gasteiger partial charge < -0.3 is 14.0 Å². The first-order valence-electron chi connectivity index (χ1n) is 12.3. The van der Waals surface area contributed by atoms with Crippen LogP contribution >= 0.6 is 11.3 Å². The van der Waals surface area contributed by atoms with Crippen LogP contribution in [0.1, 0.15) is 44.9 Å². The number of hydrogen-bond acceptors (Lipinski definition) is 6. The summed E-state index contributed by atoms with van der Waals surface area (Å²) in [4.78, 5) is 32.4. The molecule has 4 aromatic rings. The van der Waals surface area contributed by atoms with Gasteiger partial charge in [-0.3, -0.25) is 9.36 Å². The predicted molar refractivity (Wildman–Crippen MR) is 146 cm³/mol. The zero-order valence-corrected chi connectivity index (χ0v) is 22.3. The molecule has 0 fully saturated rings. The van der Waals surface area contributed by atoms with Gasteiger partial charge in [0.15, 0.2) is 4.80 Å². The zero-order chi connectivity index (χ0) is 26.3. The Morgan fingerprint density at radius 1 is 1.16 bits per heavy atom. The standard InChI is InChI=1S/C29H29N3O4S/c1-6-35-21-13-11-19(12-14-21)26-25(28(34)36-17(2)3)18(4)30-29-32(26)27(33)24(37-29)15-20-16-31(5)23-10-8-7-9-22(20)23/h7-17,26H,6H2,1-5H3/b24-15+/t26-/m1/s1. The minimum atomic E-state index is -0.659. The number of thiazole rings is 1. The zero-order valence-electron chi connectivity index (χ0n) is 21.5. The van der Waals surface area contributed by atoms with Gasteiger partial charge in [-0.25, -0.2) is 9.79 Å². The summed E-state index contributed by atoms with van der Waals surface area (Å²) in [6, 6.07) is 14.9. The van der Waals surface area contributed by atoms with Crippen LogP contribution in [0.2, 0.25) is 0 Å². The van der Waals surface area contributed by atoms with Gasteiger partial charge in [0.1, 0.15) is 5.75 Å². The van der Waals surface area contributed by atoms with Crippen molar-refractivity contribution in [1.29, 1.82) is 0 Å². The SMILES string of the molecule is CCOc1ccc([C@@H]2C(C(=O)OC(C)C)=C(C)N=c3s/c(=C/c4cn(C)c5ccccc45)c(=O)n32)cc1. The summed E-state index contributed by atoms with van der Waals surface area (Å²) < 4.78 is 15.4. The predicted octanol–water partition coefficient (Wildman–Crippen LogP) is 4.08. The van der Waals surface area contributed by atoms with E-state index < -0.39 is 12.0 Å². The molecule has 0 spiro atoms. The van der Waals surface area contributed by atoms with Gasteiger partial charge in [0, 0.05) is 29.7 Å². The fourth-order valence-electron chi connectivity index (χ4n) is 4.72. The van der Waals surface area contributed by atoms with Crippen molar-refractivity contribution in [3.05, 3.63) is 96.8 Å². The molecule has 7 nitrogen and oxygen atoms in total. The van der Waals surface area contributed by atoms with E-state index in [1.807, 2.05) is 73.3 Å². The normalized spacial score (nSPS) is 15.7. The van der Waals surface area contributed by atoms with E-state index in [1.165, 1.54) is 11.3 Å². The van der Waals surface area contributed by atoms with Gasteiger partial charge in [-0.15, -0.1) is 0 Å². The van der Waals surface area contributed by atoms with Crippen LogP contribution in [0.3, 0.4) is 0 Å². The molecule has 37 heavy (non-hydrogen) atoms. The smallest absolute Gasteiger partial charge is 0.338 e. The number of fused-ring (bicyclic) bond motifs is 2. The number of nitrogens with zero attached hydrogens (tertiary/aromatic N) is 3. The number of esters is 1. The van der Waals surface area contributed by atoms with Crippen molar-refractivity contribution in [2.45, 2.75) is 39.8 Å². The molecule has 0 bridgehead atoms. The molecule has 1 aliphatic heterocycles. The average molecular weight is 516 g/mol. The molecule has 0 unspecified atom stereocenters. The first-order valence-corrected chi connectivity index (χ1v) is 13.1. The van der Waals surface area contributed by atoms with E-state index in [1.54, 1.807) is 25.3 Å². The van der Waals surface area contributed by atoms with Crippen molar-refractivity contribution in [2.75, 3.05) is 6.61 Å². The number of rotatable bonds is 6. The van der Waals surface area contributed by atoms with Crippen LogP contribution < -0.4 is 19.6 Å². The highest BCUT2D eigenvalue weighted by Gasteiger charge is 2.33. The first-order chi connectivity index (χ1) is 17.8. The van der Waals surface area contributed by atoms with Crippen molar-refractivity contribution in [2.24, 2.45) is 12.0 Å². The maximum atomic E-state index is 13.9. The van der Waals surface area contributed by atoms with E-state index in [2.05, 4.69) is 11.1 Å². The van der Waals surface area contributed by atoms with Crippen LogP contribution in [0.15, 0.2) is 75.8 Å². The Morgan fingerprint density at radius 3 is 2.59 bits per heavy atom. The van der Waals surface area contributed by atoms with Gasteiger partial charge in [0.05, 0.1) is 34.6 Å². The van der Waals surface area contributed by atoms with E-state index in [0.29, 0.717) is 27.2 Å². The van der Waals surface area contributed by atoms with Crippen molar-refractivity contribution < 1.29 is 14.3 Å². The number of aromatic nitrogens is 2. The molecule has 0 saturated carbocycles. The lowest BCUT2D eigenvalue weighted by Crippen LogP contribution is -2.40. The number of carbonyl (C=O) groups is 1. The molecule has 0 saturated heterocycles. The van der Waals surface area contributed by atoms with Crippen LogP contribution in [0.25, 0.3) is 17.0 Å². The third-order valence-electron chi connectivity index (χ3n) is 6.31. The molecule has 1 atom stereocenters. The van der Waals surface area contributed by atoms with E-state index in [9.17, 15) is 9.59 Å². The van der Waals surface area contributed by atoms with Crippen LogP contribution in [0.4, 0.5) is 0 Å². The Kier molecular flexibility index (Phi) is 6.60. The summed E-state index contributed by atoms with van der Waals surface area (Å²) in [6.07, 6.45) is 3.63. The van der Waals surface area contributed by atoms with Crippen molar-refractivity contribution in [1.82, 2.24) is 9.13 Å². The van der Waals surface area contributed by atoms with E-state index in [4.69, 9.17) is 9.47 Å². The molecule has 8 heteroatoms. The van der Waals surface area contributed by atoms with Crippen LogP contribution in [0.5, 0.6) is 5.75 Å². The number of aryl methyl sites for hydroxylation is 1. The van der Waals surface area contributed by atoms with Crippen LogP contribution in [0, 0.1) is 0 Å². The minimum Gasteiger partial charge on any atom is -0.494 e. The summed E-state index contributed by atoms with van der Waals surface area (Å²) in [7, 11) is 1.99. The number of allylic oxidation sites excluding steroid dienone is 1. The number of ether oxygens (including phenoxy) is 2. The maximum Gasteiger partial charge on any atom is 0.338 e. The lowest BCUT2D eigenvalue weighted by atomic mass is 9.96. The fraction of sp³-hybridized carbons (Fsp3) is 0.276. The van der Waals surface area contributed by atoms with Crippen molar-refractivity contribution in [3.8, 4) is 5.75 Å². The molecule has 0 aliphatic carbocycles. The molecule has 0 radical (unpaired) electrons. The Morgan fingerprint density at radius 2 is 1.89 bits per heavy atom. The van der Waals surface area contributed by atoms with Crippen LogP contribution in [-0.2, 0) is 16.6 Å². The largest absolute Gasteiger partial charge is 0.494 e. The highest BCUT2D eigenvalue weighted by molar-refractivity contribution is 7.07. The first kappa shape index (κ1) is 24.8. The molecule has 3 heterocycles. The molecule has 2 aromatic carbocycles. The Balaban J connectivity index is 1.71. The Labute approximate surface area is 218 Å². The average Bonchev–Trinajstić information content (AvgIpc) is 3.34. The number of benzene rings is 2. The molecule has 0 amide bonds. The van der Waals surface area contributed by atoms with Crippen LogP contribution in [-0.4, -0.2) is 27.8 Å². The van der Waals surface area contributed by atoms with Crippen molar-refractivity contribution >= 4 is 34.3 Å². The second-order valence-electron chi connectivity index (χ2n) is 9.25. The third kappa shape index (κ3) is 4.53. The monoisotopic (exact) mass is 515 g/mol. The molecule has 190 valence electrons. The van der Waals surface area contributed by atoms with Gasteiger partial charge in [0.25, 0.3) is 5.56 Å². The number of carbonyl (C=O) groups excluding carboxylic acids is 1. The maximum absolute atomic E-state index is 13.9. The lowest BCUT2D eigenvalue weighted by Gasteiger charge is -2.25. The molecule has 1 aliphatic rings. The number of hydrogen-bond donors (Lipinski definition) is 0. The second kappa shape index (κ2) is 9.86. The van der Waals surface area contributed by atoms with Crippen molar-refractivity contribution in [3.63, 3.8) is 0 Å².